The van der Waals surface area contributed by atoms with Gasteiger partial charge in [0.2, 0.25) is 0 Å². The monoisotopic (exact) mass is 281 g/mol. The Morgan fingerprint density at radius 1 is 1.15 bits per heavy atom. The van der Waals surface area contributed by atoms with Crippen LogP contribution in [0.5, 0.6) is 11.5 Å². The van der Waals surface area contributed by atoms with E-state index in [-0.39, 0.29) is 0 Å². The molecule has 20 heavy (non-hydrogen) atoms. The molecule has 2 rings (SSSR count). The molecule has 1 N–H and O–H groups in total. The maximum atomic E-state index is 5.78. The third kappa shape index (κ3) is 4.67. The number of fused-ring (bicyclic) bond motifs is 1. The third-order valence-electron chi connectivity index (χ3n) is 3.02. The van der Waals surface area contributed by atoms with Gasteiger partial charge in [0.15, 0.2) is 11.5 Å². The second-order valence-electron chi connectivity index (χ2n) is 4.58. The predicted molar refractivity (Wildman–Crippen MR) is 76.5 cm³/mol. The highest BCUT2D eigenvalue weighted by Crippen LogP contribution is 2.32. The first kappa shape index (κ1) is 15.1. The Bertz CT molecular complexity index is 397. The minimum absolute atomic E-state index is 0.635. The van der Waals surface area contributed by atoms with Crippen LogP contribution >= 0.6 is 0 Å². The van der Waals surface area contributed by atoms with Crippen molar-refractivity contribution >= 4 is 0 Å². The van der Waals surface area contributed by atoms with Gasteiger partial charge < -0.3 is 24.3 Å². The van der Waals surface area contributed by atoms with Crippen molar-refractivity contribution in [1.29, 1.82) is 0 Å². The molecular weight excluding hydrogens is 258 g/mol. The molecule has 112 valence electrons. The molecule has 1 aliphatic heterocycles. The summed E-state index contributed by atoms with van der Waals surface area (Å²) >= 11 is 0. The first-order chi connectivity index (χ1) is 9.92. The van der Waals surface area contributed by atoms with Crippen LogP contribution in [0.1, 0.15) is 12.0 Å². The Hall–Kier alpha value is -1.30. The summed E-state index contributed by atoms with van der Waals surface area (Å²) in [7, 11) is 1.67. The van der Waals surface area contributed by atoms with Gasteiger partial charge in [-0.1, -0.05) is 12.1 Å². The van der Waals surface area contributed by atoms with E-state index in [0.717, 1.165) is 43.2 Å². The van der Waals surface area contributed by atoms with Crippen LogP contribution in [0.3, 0.4) is 0 Å². The Kier molecular flexibility index (Phi) is 6.63. The van der Waals surface area contributed by atoms with Gasteiger partial charge >= 0.3 is 0 Å². The van der Waals surface area contributed by atoms with Gasteiger partial charge in [-0.05, 0) is 6.07 Å². The molecule has 0 fully saturated rings. The van der Waals surface area contributed by atoms with Crippen LogP contribution in [0.25, 0.3) is 0 Å². The van der Waals surface area contributed by atoms with Crippen LogP contribution in [-0.4, -0.2) is 46.7 Å². The highest BCUT2D eigenvalue weighted by atomic mass is 16.5. The molecule has 1 aromatic rings. The fourth-order valence-corrected chi connectivity index (χ4v) is 2.00. The Labute approximate surface area is 120 Å². The predicted octanol–water partition coefficient (Wildman–Crippen LogP) is 1.60. The van der Waals surface area contributed by atoms with Crippen LogP contribution in [-0.2, 0) is 16.0 Å². The molecule has 0 aliphatic carbocycles. The summed E-state index contributed by atoms with van der Waals surface area (Å²) in [4.78, 5) is 0. The second kappa shape index (κ2) is 8.79. The molecule has 1 aromatic carbocycles. The van der Waals surface area contributed by atoms with Gasteiger partial charge in [-0.15, -0.1) is 0 Å². The van der Waals surface area contributed by atoms with Gasteiger partial charge in [-0.25, -0.2) is 0 Å². The second-order valence-corrected chi connectivity index (χ2v) is 4.58. The summed E-state index contributed by atoms with van der Waals surface area (Å²) in [6, 6.07) is 6.02. The minimum Gasteiger partial charge on any atom is -0.490 e. The average Bonchev–Trinajstić information content (AvgIpc) is 2.72. The molecule has 0 aromatic heterocycles. The normalized spacial score (nSPS) is 14.1. The maximum absolute atomic E-state index is 5.78. The van der Waals surface area contributed by atoms with Crippen molar-refractivity contribution < 1.29 is 18.9 Å². The van der Waals surface area contributed by atoms with Crippen LogP contribution in [0.2, 0.25) is 0 Å². The number of methoxy groups -OCH3 is 1. The van der Waals surface area contributed by atoms with E-state index in [1.54, 1.807) is 7.11 Å². The highest BCUT2D eigenvalue weighted by molar-refractivity contribution is 5.46. The van der Waals surface area contributed by atoms with Crippen molar-refractivity contribution in [3.63, 3.8) is 0 Å². The molecule has 5 heteroatoms. The van der Waals surface area contributed by atoms with Crippen LogP contribution in [0.15, 0.2) is 18.2 Å². The largest absolute Gasteiger partial charge is 0.490 e. The summed E-state index contributed by atoms with van der Waals surface area (Å²) in [5.41, 5.74) is 1.13. The minimum atomic E-state index is 0.635. The molecule has 1 heterocycles. The fourth-order valence-electron chi connectivity index (χ4n) is 2.00. The van der Waals surface area contributed by atoms with Gasteiger partial charge in [0.25, 0.3) is 0 Å². The number of nitrogens with one attached hydrogen (secondary N) is 1. The van der Waals surface area contributed by atoms with Crippen LogP contribution in [0, 0.1) is 0 Å². The Morgan fingerprint density at radius 3 is 2.95 bits per heavy atom. The first-order valence-electron chi connectivity index (χ1n) is 7.06. The molecule has 5 nitrogen and oxygen atoms in total. The number of para-hydroxylation sites is 1. The maximum Gasteiger partial charge on any atom is 0.165 e. The lowest BCUT2D eigenvalue weighted by atomic mass is 10.2. The van der Waals surface area contributed by atoms with Crippen LogP contribution in [0.4, 0.5) is 0 Å². The van der Waals surface area contributed by atoms with E-state index >= 15 is 0 Å². The lowest BCUT2D eigenvalue weighted by Crippen LogP contribution is -2.20. The molecule has 0 bridgehead atoms. The van der Waals surface area contributed by atoms with Crippen molar-refractivity contribution in [3.8, 4) is 11.5 Å². The number of hydrogen-bond donors (Lipinski definition) is 1. The molecule has 0 saturated heterocycles. The van der Waals surface area contributed by atoms with E-state index in [1.165, 1.54) is 0 Å². The van der Waals surface area contributed by atoms with E-state index in [4.69, 9.17) is 18.9 Å². The van der Waals surface area contributed by atoms with E-state index in [9.17, 15) is 0 Å². The average molecular weight is 281 g/mol. The zero-order chi connectivity index (χ0) is 14.0. The van der Waals surface area contributed by atoms with E-state index < -0.39 is 0 Å². The topological polar surface area (TPSA) is 49.0 Å². The van der Waals surface area contributed by atoms with Crippen molar-refractivity contribution in [1.82, 2.24) is 5.32 Å². The van der Waals surface area contributed by atoms with Crippen molar-refractivity contribution in [2.24, 2.45) is 0 Å². The van der Waals surface area contributed by atoms with E-state index in [1.807, 2.05) is 12.1 Å². The van der Waals surface area contributed by atoms with Crippen molar-refractivity contribution in [2.45, 2.75) is 13.0 Å². The zero-order valence-corrected chi connectivity index (χ0v) is 12.0. The number of ether oxygens (including phenoxy) is 4. The van der Waals surface area contributed by atoms with E-state index in [2.05, 4.69) is 11.4 Å². The molecule has 0 saturated carbocycles. The SMILES string of the molecule is COCCOCCNCc1cccc2c1OCCCO2. The zero-order valence-electron chi connectivity index (χ0n) is 12.0. The lowest BCUT2D eigenvalue weighted by Gasteiger charge is -2.13. The lowest BCUT2D eigenvalue weighted by molar-refractivity contribution is 0.0719. The standard InChI is InChI=1S/C15H23NO4/c1-17-10-11-18-9-6-16-12-13-4-2-5-14-15(13)20-8-3-7-19-14/h2,4-5,16H,3,6-12H2,1H3. The van der Waals surface area contributed by atoms with Gasteiger partial charge in [-0.3, -0.25) is 0 Å². The van der Waals surface area contributed by atoms with E-state index in [0.29, 0.717) is 26.4 Å². The highest BCUT2D eigenvalue weighted by Gasteiger charge is 2.13. The number of benzene rings is 1. The van der Waals surface area contributed by atoms with Crippen molar-refractivity contribution in [3.05, 3.63) is 23.8 Å². The Balaban J connectivity index is 1.75. The fraction of sp³-hybridized carbons (Fsp3) is 0.600. The summed E-state index contributed by atoms with van der Waals surface area (Å²) in [5.74, 6) is 1.72. The third-order valence-corrected chi connectivity index (χ3v) is 3.02. The van der Waals surface area contributed by atoms with Gasteiger partial charge in [0.05, 0.1) is 33.0 Å². The Morgan fingerprint density at radius 2 is 2.05 bits per heavy atom. The van der Waals surface area contributed by atoms with Crippen LogP contribution < -0.4 is 14.8 Å². The number of rotatable bonds is 8. The summed E-state index contributed by atoms with van der Waals surface area (Å²) < 4.78 is 21.8. The molecule has 0 atom stereocenters. The molecule has 1 aliphatic rings. The van der Waals surface area contributed by atoms with Crippen molar-refractivity contribution in [2.75, 3.05) is 46.7 Å². The van der Waals surface area contributed by atoms with Gasteiger partial charge in [0.1, 0.15) is 0 Å². The quantitative estimate of drug-likeness (QED) is 0.734. The molecule has 0 amide bonds. The number of hydrogen-bond acceptors (Lipinski definition) is 5. The van der Waals surface area contributed by atoms with Gasteiger partial charge in [0, 0.05) is 32.2 Å². The molecule has 0 unspecified atom stereocenters. The summed E-state index contributed by atoms with van der Waals surface area (Å²) in [6.45, 7) is 4.93. The molecular formula is C15H23NO4. The molecule has 0 radical (unpaired) electrons. The summed E-state index contributed by atoms with van der Waals surface area (Å²) in [5, 5.41) is 3.35. The summed E-state index contributed by atoms with van der Waals surface area (Å²) in [6.07, 6.45) is 0.925. The smallest absolute Gasteiger partial charge is 0.165 e. The molecule has 0 spiro atoms. The first-order valence-corrected chi connectivity index (χ1v) is 7.06. The van der Waals surface area contributed by atoms with Gasteiger partial charge in [-0.2, -0.15) is 0 Å².